The molecular weight excluding hydrogens is 362 g/mol. The molecule has 6 nitrogen and oxygen atoms in total. The number of hydrogen-bond donors (Lipinski definition) is 1. The number of amides is 3. The number of rotatable bonds is 6. The lowest BCUT2D eigenvalue weighted by Gasteiger charge is -2.21. The van der Waals surface area contributed by atoms with Crippen LogP contribution < -0.4 is 5.32 Å². The molecule has 3 aliphatic rings. The molecule has 3 atom stereocenters. The maximum Gasteiger partial charge on any atom is 0.293 e. The van der Waals surface area contributed by atoms with E-state index in [4.69, 9.17) is 0 Å². The first kappa shape index (κ1) is 18.2. The van der Waals surface area contributed by atoms with Crippen molar-refractivity contribution in [1.82, 2.24) is 15.2 Å². The number of nitrogens with zero attached hydrogens (tertiary/aromatic N) is 2. The normalized spacial score (nSPS) is 28.4. The van der Waals surface area contributed by atoms with Crippen molar-refractivity contribution in [2.75, 3.05) is 13.1 Å². The third kappa shape index (κ3) is 4.08. The Bertz CT molecular complexity index is 780. The first-order chi connectivity index (χ1) is 13.1. The van der Waals surface area contributed by atoms with Crippen molar-refractivity contribution in [3.8, 4) is 0 Å². The van der Waals surface area contributed by atoms with Gasteiger partial charge in [-0.1, -0.05) is 12.5 Å². The molecule has 1 N–H and O–H groups in total. The minimum absolute atomic E-state index is 0.0328. The van der Waals surface area contributed by atoms with E-state index in [-0.39, 0.29) is 23.6 Å². The molecular formula is C20H23N3O3S. The van der Waals surface area contributed by atoms with E-state index < -0.39 is 0 Å². The molecule has 1 saturated heterocycles. The van der Waals surface area contributed by atoms with Crippen LogP contribution in [-0.4, -0.2) is 40.0 Å². The highest BCUT2D eigenvalue weighted by Crippen LogP contribution is 2.49. The molecule has 3 unspecified atom stereocenters. The minimum atomic E-state index is -0.309. The lowest BCUT2D eigenvalue weighted by molar-refractivity contribution is -0.124. The van der Waals surface area contributed by atoms with Gasteiger partial charge in [0, 0.05) is 31.9 Å². The maximum absolute atomic E-state index is 12.4. The molecule has 2 saturated carbocycles. The lowest BCUT2D eigenvalue weighted by Crippen LogP contribution is -2.38. The van der Waals surface area contributed by atoms with Gasteiger partial charge in [0.2, 0.25) is 5.91 Å². The highest BCUT2D eigenvalue weighted by molar-refractivity contribution is 8.18. The summed E-state index contributed by atoms with van der Waals surface area (Å²) in [5.41, 5.74) is 0.780. The first-order valence-corrected chi connectivity index (χ1v) is 10.3. The molecule has 142 valence electrons. The Hall–Kier alpha value is -2.15. The van der Waals surface area contributed by atoms with Crippen LogP contribution in [0.2, 0.25) is 0 Å². The summed E-state index contributed by atoms with van der Waals surface area (Å²) in [6, 6.07) is 3.61. The van der Waals surface area contributed by atoms with Gasteiger partial charge in [-0.25, -0.2) is 0 Å². The van der Waals surface area contributed by atoms with Crippen molar-refractivity contribution in [3.05, 3.63) is 35.0 Å². The molecule has 1 aromatic rings. The number of nitrogens with one attached hydrogen (secondary N) is 1. The molecule has 7 heteroatoms. The van der Waals surface area contributed by atoms with Gasteiger partial charge in [-0.3, -0.25) is 24.3 Å². The summed E-state index contributed by atoms with van der Waals surface area (Å²) in [6.45, 7) is 0.509. The first-order valence-electron chi connectivity index (χ1n) is 9.52. The molecule has 0 radical (unpaired) electrons. The number of pyridine rings is 1. The van der Waals surface area contributed by atoms with Crippen LogP contribution in [0.4, 0.5) is 4.79 Å². The van der Waals surface area contributed by atoms with Crippen LogP contribution in [0.5, 0.6) is 0 Å². The summed E-state index contributed by atoms with van der Waals surface area (Å²) in [7, 11) is 0. The second-order valence-corrected chi connectivity index (χ2v) is 8.60. The fourth-order valence-corrected chi connectivity index (χ4v) is 5.41. The zero-order valence-corrected chi connectivity index (χ0v) is 15.9. The van der Waals surface area contributed by atoms with E-state index in [0.717, 1.165) is 29.2 Å². The van der Waals surface area contributed by atoms with Gasteiger partial charge >= 0.3 is 0 Å². The molecule has 2 bridgehead atoms. The van der Waals surface area contributed by atoms with E-state index in [0.29, 0.717) is 23.8 Å². The quantitative estimate of drug-likeness (QED) is 0.762. The van der Waals surface area contributed by atoms with Crippen LogP contribution in [0.25, 0.3) is 6.08 Å². The van der Waals surface area contributed by atoms with Crippen LogP contribution in [0.15, 0.2) is 29.4 Å². The molecule has 4 rings (SSSR count). The molecule has 2 heterocycles. The third-order valence-electron chi connectivity index (χ3n) is 5.85. The Morgan fingerprint density at radius 1 is 1.33 bits per heavy atom. The monoisotopic (exact) mass is 385 g/mol. The van der Waals surface area contributed by atoms with E-state index in [1.165, 1.54) is 30.6 Å². The van der Waals surface area contributed by atoms with Gasteiger partial charge in [0.05, 0.1) is 4.91 Å². The van der Waals surface area contributed by atoms with E-state index in [2.05, 4.69) is 10.3 Å². The Labute approximate surface area is 162 Å². The predicted octanol–water partition coefficient (Wildman–Crippen LogP) is 3.06. The average molecular weight is 385 g/mol. The Kier molecular flexibility index (Phi) is 5.29. The summed E-state index contributed by atoms with van der Waals surface area (Å²) in [4.78, 5) is 42.4. The smallest absolute Gasteiger partial charge is 0.293 e. The third-order valence-corrected chi connectivity index (χ3v) is 6.75. The molecule has 27 heavy (non-hydrogen) atoms. The highest BCUT2D eigenvalue weighted by atomic mass is 32.2. The van der Waals surface area contributed by atoms with Crippen molar-refractivity contribution in [3.63, 3.8) is 0 Å². The van der Waals surface area contributed by atoms with Gasteiger partial charge in [-0.05, 0) is 66.5 Å². The number of imide groups is 1. The number of aromatic nitrogens is 1. The second-order valence-electron chi connectivity index (χ2n) is 7.61. The van der Waals surface area contributed by atoms with Crippen molar-refractivity contribution in [1.29, 1.82) is 0 Å². The van der Waals surface area contributed by atoms with E-state index in [9.17, 15) is 14.4 Å². The summed E-state index contributed by atoms with van der Waals surface area (Å²) < 4.78 is 0. The Morgan fingerprint density at radius 2 is 2.22 bits per heavy atom. The number of thioether (sulfide) groups is 1. The molecule has 2 aliphatic carbocycles. The van der Waals surface area contributed by atoms with Gasteiger partial charge in [-0.15, -0.1) is 0 Å². The Balaban J connectivity index is 1.26. The number of fused-ring (bicyclic) bond motifs is 2. The van der Waals surface area contributed by atoms with Gasteiger partial charge in [0.25, 0.3) is 11.1 Å². The van der Waals surface area contributed by atoms with Crippen molar-refractivity contribution in [2.24, 2.45) is 17.8 Å². The maximum atomic E-state index is 12.4. The molecule has 1 aliphatic heterocycles. The van der Waals surface area contributed by atoms with Crippen LogP contribution in [0.3, 0.4) is 0 Å². The fraction of sp³-hybridized carbons (Fsp3) is 0.500. The van der Waals surface area contributed by atoms with Crippen LogP contribution in [0.1, 0.15) is 37.7 Å². The topological polar surface area (TPSA) is 79.4 Å². The van der Waals surface area contributed by atoms with Crippen molar-refractivity contribution in [2.45, 2.75) is 32.1 Å². The summed E-state index contributed by atoms with van der Waals surface area (Å²) in [5.74, 6) is 1.79. The van der Waals surface area contributed by atoms with Crippen molar-refractivity contribution >= 4 is 34.9 Å². The van der Waals surface area contributed by atoms with Crippen LogP contribution >= 0.6 is 11.8 Å². The SMILES string of the molecule is O=C(CC1CC2CCC1C2)NCCN1C(=O)SC(=Cc2cccnc2)C1=O. The molecule has 1 aromatic heterocycles. The zero-order valence-electron chi connectivity index (χ0n) is 15.1. The van der Waals surface area contributed by atoms with E-state index in [1.54, 1.807) is 24.5 Å². The largest absolute Gasteiger partial charge is 0.354 e. The fourth-order valence-electron chi connectivity index (χ4n) is 4.55. The summed E-state index contributed by atoms with van der Waals surface area (Å²) in [5, 5.41) is 2.58. The number of carbonyl (C=O) groups excluding carboxylic acids is 3. The highest BCUT2D eigenvalue weighted by Gasteiger charge is 2.40. The van der Waals surface area contributed by atoms with E-state index >= 15 is 0 Å². The van der Waals surface area contributed by atoms with Gasteiger partial charge in [-0.2, -0.15) is 0 Å². The van der Waals surface area contributed by atoms with Crippen LogP contribution in [0, 0.1) is 17.8 Å². The van der Waals surface area contributed by atoms with Gasteiger partial charge < -0.3 is 5.32 Å². The number of carbonyl (C=O) groups is 3. The van der Waals surface area contributed by atoms with Crippen LogP contribution in [-0.2, 0) is 9.59 Å². The van der Waals surface area contributed by atoms with Gasteiger partial charge in [0.15, 0.2) is 0 Å². The average Bonchev–Trinajstić information content (AvgIpc) is 3.34. The molecule has 0 spiro atoms. The molecule has 3 fully saturated rings. The standard InChI is InChI=1S/C20H23N3O3S/c24-18(11-16-9-13-3-4-15(16)8-13)22-6-7-23-19(25)17(27-20(23)26)10-14-2-1-5-21-12-14/h1-2,5,10,12-13,15-16H,3-4,6-9,11H2,(H,22,24). The minimum Gasteiger partial charge on any atom is -0.354 e. The molecule has 3 amide bonds. The Morgan fingerprint density at radius 3 is 2.93 bits per heavy atom. The summed E-state index contributed by atoms with van der Waals surface area (Å²) in [6.07, 6.45) is 10.6. The van der Waals surface area contributed by atoms with E-state index in [1.807, 2.05) is 6.07 Å². The molecule has 0 aromatic carbocycles. The summed E-state index contributed by atoms with van der Waals surface area (Å²) >= 11 is 0.928. The van der Waals surface area contributed by atoms with Gasteiger partial charge in [0.1, 0.15) is 0 Å². The second kappa shape index (κ2) is 7.84. The lowest BCUT2D eigenvalue weighted by atomic mass is 9.86. The number of hydrogen-bond acceptors (Lipinski definition) is 5. The zero-order chi connectivity index (χ0) is 18.8. The predicted molar refractivity (Wildman–Crippen MR) is 103 cm³/mol. The van der Waals surface area contributed by atoms with Crippen molar-refractivity contribution < 1.29 is 14.4 Å².